The van der Waals surface area contributed by atoms with E-state index in [0.717, 1.165) is 41.3 Å². The highest BCUT2D eigenvalue weighted by Crippen LogP contribution is 2.32. The highest BCUT2D eigenvalue weighted by atomic mass is 16.5. The number of rotatable bonds is 6. The van der Waals surface area contributed by atoms with Crippen molar-refractivity contribution in [2.24, 2.45) is 0 Å². The number of furan rings is 1. The van der Waals surface area contributed by atoms with Gasteiger partial charge in [0.05, 0.1) is 24.1 Å². The fraction of sp³-hybridized carbons (Fsp3) is 0.190. The van der Waals surface area contributed by atoms with Gasteiger partial charge in [0.2, 0.25) is 0 Å². The summed E-state index contributed by atoms with van der Waals surface area (Å²) < 4.78 is 13.6. The summed E-state index contributed by atoms with van der Waals surface area (Å²) in [6.07, 6.45) is 2.50. The van der Waals surface area contributed by atoms with Gasteiger partial charge in [0.25, 0.3) is 0 Å². The number of fused-ring (bicyclic) bond motifs is 1. The second-order valence-corrected chi connectivity index (χ2v) is 6.12. The van der Waals surface area contributed by atoms with Crippen molar-refractivity contribution in [1.29, 1.82) is 0 Å². The number of nitrogen functional groups attached to an aromatic ring is 1. The highest BCUT2D eigenvalue weighted by molar-refractivity contribution is 5.91. The molecule has 0 spiro atoms. The SMILES string of the molecule is CCn1c(-c2ccco2)nc2c(N)cc(OCCc3ccccc3)cc21. The number of benzene rings is 2. The quantitative estimate of drug-likeness (QED) is 0.521. The molecule has 0 amide bonds. The molecule has 0 atom stereocenters. The average molecular weight is 347 g/mol. The lowest BCUT2D eigenvalue weighted by Crippen LogP contribution is -2.02. The van der Waals surface area contributed by atoms with E-state index < -0.39 is 0 Å². The van der Waals surface area contributed by atoms with Crippen molar-refractivity contribution in [1.82, 2.24) is 9.55 Å². The van der Waals surface area contributed by atoms with E-state index in [9.17, 15) is 0 Å². The van der Waals surface area contributed by atoms with Gasteiger partial charge >= 0.3 is 0 Å². The summed E-state index contributed by atoms with van der Waals surface area (Å²) in [6, 6.07) is 17.9. The molecule has 4 aromatic rings. The van der Waals surface area contributed by atoms with Crippen molar-refractivity contribution in [2.45, 2.75) is 19.9 Å². The van der Waals surface area contributed by atoms with Crippen LogP contribution in [0, 0.1) is 0 Å². The van der Waals surface area contributed by atoms with Gasteiger partial charge in [-0.1, -0.05) is 30.3 Å². The van der Waals surface area contributed by atoms with Crippen molar-refractivity contribution in [2.75, 3.05) is 12.3 Å². The molecule has 4 rings (SSSR count). The Labute approximate surface area is 152 Å². The molecule has 26 heavy (non-hydrogen) atoms. The van der Waals surface area contributed by atoms with E-state index >= 15 is 0 Å². The zero-order valence-electron chi connectivity index (χ0n) is 14.7. The Hall–Kier alpha value is -3.21. The van der Waals surface area contributed by atoms with Gasteiger partial charge in [-0.05, 0) is 24.6 Å². The molecule has 0 bridgehead atoms. The summed E-state index contributed by atoms with van der Waals surface area (Å²) in [5, 5.41) is 0. The molecule has 0 saturated carbocycles. The van der Waals surface area contributed by atoms with Crippen molar-refractivity contribution >= 4 is 16.7 Å². The molecule has 5 heteroatoms. The van der Waals surface area contributed by atoms with Crippen LogP contribution in [0.1, 0.15) is 12.5 Å². The van der Waals surface area contributed by atoms with Crippen molar-refractivity contribution in [3.05, 3.63) is 66.4 Å². The van der Waals surface area contributed by atoms with E-state index in [2.05, 4.69) is 28.6 Å². The molecule has 0 aliphatic carbocycles. The van der Waals surface area contributed by atoms with Crippen LogP contribution in [-0.4, -0.2) is 16.2 Å². The molecule has 2 aromatic carbocycles. The number of ether oxygens (including phenoxy) is 1. The lowest BCUT2D eigenvalue weighted by atomic mass is 10.2. The summed E-state index contributed by atoms with van der Waals surface area (Å²) in [5.74, 6) is 2.26. The number of hydrogen-bond acceptors (Lipinski definition) is 4. The lowest BCUT2D eigenvalue weighted by molar-refractivity contribution is 0.322. The molecule has 2 heterocycles. The van der Waals surface area contributed by atoms with Gasteiger partial charge in [0, 0.05) is 25.1 Å². The molecule has 0 saturated heterocycles. The van der Waals surface area contributed by atoms with Crippen LogP contribution in [0.2, 0.25) is 0 Å². The van der Waals surface area contributed by atoms with Gasteiger partial charge in [-0.15, -0.1) is 0 Å². The summed E-state index contributed by atoms with van der Waals surface area (Å²) in [4.78, 5) is 4.68. The summed E-state index contributed by atoms with van der Waals surface area (Å²) >= 11 is 0. The first kappa shape index (κ1) is 16.3. The number of nitrogens with zero attached hydrogens (tertiary/aromatic N) is 2. The molecule has 2 aromatic heterocycles. The van der Waals surface area contributed by atoms with E-state index in [-0.39, 0.29) is 0 Å². The maximum atomic E-state index is 6.24. The van der Waals surface area contributed by atoms with Crippen LogP contribution in [0.5, 0.6) is 5.75 Å². The molecule has 0 radical (unpaired) electrons. The summed E-state index contributed by atoms with van der Waals surface area (Å²) in [5.41, 5.74) is 9.83. The fourth-order valence-electron chi connectivity index (χ4n) is 3.15. The molecule has 2 N–H and O–H groups in total. The first-order chi connectivity index (χ1) is 12.8. The number of anilines is 1. The van der Waals surface area contributed by atoms with Crippen LogP contribution < -0.4 is 10.5 Å². The molecule has 0 unspecified atom stereocenters. The van der Waals surface area contributed by atoms with Crippen LogP contribution in [0.4, 0.5) is 5.69 Å². The second-order valence-electron chi connectivity index (χ2n) is 6.12. The zero-order valence-corrected chi connectivity index (χ0v) is 14.7. The Morgan fingerprint density at radius 2 is 1.96 bits per heavy atom. The smallest absolute Gasteiger partial charge is 0.177 e. The van der Waals surface area contributed by atoms with Gasteiger partial charge < -0.3 is 19.5 Å². The summed E-state index contributed by atoms with van der Waals surface area (Å²) in [6.45, 7) is 3.44. The van der Waals surface area contributed by atoms with Crippen LogP contribution >= 0.6 is 0 Å². The third kappa shape index (κ3) is 3.04. The van der Waals surface area contributed by atoms with Gasteiger partial charge in [0.15, 0.2) is 11.6 Å². The van der Waals surface area contributed by atoms with Crippen LogP contribution in [0.25, 0.3) is 22.6 Å². The van der Waals surface area contributed by atoms with Crippen molar-refractivity contribution < 1.29 is 9.15 Å². The van der Waals surface area contributed by atoms with Crippen LogP contribution in [-0.2, 0) is 13.0 Å². The Bertz CT molecular complexity index is 1000. The third-order valence-electron chi connectivity index (χ3n) is 4.42. The Balaban J connectivity index is 1.63. The molecule has 0 aliphatic rings. The maximum absolute atomic E-state index is 6.24. The van der Waals surface area contributed by atoms with E-state index in [0.29, 0.717) is 12.3 Å². The van der Waals surface area contributed by atoms with E-state index in [4.69, 9.17) is 14.9 Å². The van der Waals surface area contributed by atoms with E-state index in [1.54, 1.807) is 6.26 Å². The first-order valence-electron chi connectivity index (χ1n) is 8.76. The van der Waals surface area contributed by atoms with Gasteiger partial charge in [-0.25, -0.2) is 4.98 Å². The normalized spacial score (nSPS) is 11.1. The average Bonchev–Trinajstić information content (AvgIpc) is 3.30. The molecule has 0 aliphatic heterocycles. The lowest BCUT2D eigenvalue weighted by Gasteiger charge is -2.09. The largest absolute Gasteiger partial charge is 0.493 e. The number of hydrogen-bond donors (Lipinski definition) is 1. The number of aromatic nitrogens is 2. The molecule has 132 valence electrons. The first-order valence-corrected chi connectivity index (χ1v) is 8.76. The predicted molar refractivity (Wildman–Crippen MR) is 103 cm³/mol. The van der Waals surface area contributed by atoms with E-state index in [1.165, 1.54) is 5.56 Å². The molecule has 5 nitrogen and oxygen atoms in total. The number of imidazole rings is 1. The van der Waals surface area contributed by atoms with Crippen LogP contribution in [0.15, 0.2) is 65.3 Å². The van der Waals surface area contributed by atoms with Gasteiger partial charge in [-0.3, -0.25) is 0 Å². The van der Waals surface area contributed by atoms with Gasteiger partial charge in [0.1, 0.15) is 11.3 Å². The van der Waals surface area contributed by atoms with Crippen molar-refractivity contribution in [3.63, 3.8) is 0 Å². The Morgan fingerprint density at radius 1 is 1.12 bits per heavy atom. The van der Waals surface area contributed by atoms with Gasteiger partial charge in [-0.2, -0.15) is 0 Å². The molecule has 0 fully saturated rings. The Kier molecular flexibility index (Phi) is 4.35. The Morgan fingerprint density at radius 3 is 2.69 bits per heavy atom. The highest BCUT2D eigenvalue weighted by Gasteiger charge is 2.16. The number of nitrogens with two attached hydrogens (primary N) is 1. The minimum atomic E-state index is 0.597. The molecular weight excluding hydrogens is 326 g/mol. The second kappa shape index (κ2) is 6.96. The van der Waals surface area contributed by atoms with E-state index in [1.807, 2.05) is 42.5 Å². The minimum Gasteiger partial charge on any atom is -0.493 e. The zero-order chi connectivity index (χ0) is 17.9. The van der Waals surface area contributed by atoms with Crippen molar-refractivity contribution in [3.8, 4) is 17.3 Å². The maximum Gasteiger partial charge on any atom is 0.177 e. The third-order valence-corrected chi connectivity index (χ3v) is 4.42. The minimum absolute atomic E-state index is 0.597. The topological polar surface area (TPSA) is 66.2 Å². The number of aryl methyl sites for hydroxylation is 1. The standard InChI is InChI=1S/C21H21N3O2/c1-2-24-18-14-16(25-12-10-15-7-4-3-5-8-15)13-17(22)20(18)23-21(24)19-9-6-11-26-19/h3-9,11,13-14H,2,10,12,22H2,1H3. The van der Waals surface area contributed by atoms with Crippen LogP contribution in [0.3, 0.4) is 0 Å². The summed E-state index contributed by atoms with van der Waals surface area (Å²) in [7, 11) is 0. The predicted octanol–water partition coefficient (Wildman–Crippen LogP) is 4.52. The monoisotopic (exact) mass is 347 g/mol. The fourth-order valence-corrected chi connectivity index (χ4v) is 3.15. The molecular formula is C21H21N3O2.